The van der Waals surface area contributed by atoms with Crippen LogP contribution in [0.1, 0.15) is 19.3 Å². The lowest BCUT2D eigenvalue weighted by atomic mass is 9.86. The van der Waals surface area contributed by atoms with Crippen LogP contribution in [-0.4, -0.2) is 271 Å². The topological polar surface area (TPSA) is 529 Å². The first-order valence-electron chi connectivity index (χ1n) is 19.0. The van der Waals surface area contributed by atoms with Crippen molar-refractivity contribution < 1.29 is 139 Å². The molecule has 3 heterocycles. The Bertz CT molecular complexity index is 1650. The van der Waals surface area contributed by atoms with Gasteiger partial charge in [-0.1, -0.05) is 0 Å². The first kappa shape index (κ1) is 54.4. The zero-order valence-electron chi connectivity index (χ0n) is 33.1. The van der Waals surface area contributed by atoms with Crippen LogP contribution in [-0.2, 0) is 52.5 Å². The second-order valence-electron chi connectivity index (χ2n) is 14.9. The van der Waals surface area contributed by atoms with Crippen LogP contribution >= 0.6 is 0 Å². The zero-order valence-corrected chi connectivity index (χ0v) is 33.1. The van der Waals surface area contributed by atoms with Gasteiger partial charge in [0, 0.05) is 19.3 Å². The average molecular weight is 940 g/mol. The van der Waals surface area contributed by atoms with E-state index in [0.29, 0.717) is 0 Å². The van der Waals surface area contributed by atoms with Crippen molar-refractivity contribution in [2.75, 3.05) is 39.6 Å². The smallest absolute Gasteiger partial charge is 0.364 e. The second kappa shape index (κ2) is 22.5. The maximum atomic E-state index is 13.0. The first-order chi connectivity index (χ1) is 29.8. The number of carbonyl (C=O) groups is 6. The number of hydrogen-bond donors (Lipinski definition) is 20. The summed E-state index contributed by atoms with van der Waals surface area (Å²) in [5.74, 6) is -20.6. The van der Waals surface area contributed by atoms with Gasteiger partial charge in [-0.15, -0.1) is 0 Å². The summed E-state index contributed by atoms with van der Waals surface area (Å²) in [5.41, 5.74) is 0. The maximum absolute atomic E-state index is 13.0. The van der Waals surface area contributed by atoms with Crippen molar-refractivity contribution in [3.8, 4) is 0 Å². The normalized spacial score (nSPS) is 36.0. The molecule has 64 heavy (non-hydrogen) atoms. The summed E-state index contributed by atoms with van der Waals surface area (Å²) in [4.78, 5) is 74.3. The van der Waals surface area contributed by atoms with Crippen LogP contribution in [0.15, 0.2) is 0 Å². The predicted molar refractivity (Wildman–Crippen MR) is 192 cm³/mol. The third-order valence-electron chi connectivity index (χ3n) is 10.5. The molecule has 3 amide bonds. The summed E-state index contributed by atoms with van der Waals surface area (Å²) >= 11 is 0. The quantitative estimate of drug-likeness (QED) is 0.0479. The van der Waals surface area contributed by atoms with Crippen LogP contribution in [0.2, 0.25) is 0 Å². The van der Waals surface area contributed by atoms with E-state index in [2.05, 4.69) is 0 Å². The van der Waals surface area contributed by atoms with Gasteiger partial charge in [-0.25, -0.2) is 14.4 Å². The molecule has 20 N–H and O–H groups in total. The number of aliphatic hydroxyl groups excluding tert-OH is 13. The molecule has 1 unspecified atom stereocenters. The van der Waals surface area contributed by atoms with Gasteiger partial charge in [-0.2, -0.15) is 0 Å². The number of carboxylic acid groups (broad SMARTS) is 3. The Morgan fingerprint density at radius 2 is 0.844 bits per heavy atom. The van der Waals surface area contributed by atoms with Gasteiger partial charge in [0.25, 0.3) is 17.4 Å². The van der Waals surface area contributed by atoms with E-state index in [1.807, 2.05) is 16.0 Å². The highest BCUT2D eigenvalue weighted by molar-refractivity contribution is 5.80. The number of carboxylic acids is 3. The molecule has 18 atom stereocenters. The molecular formula is C33H53N3O28. The molecule has 0 saturated carbocycles. The average Bonchev–Trinajstić information content (AvgIpc) is 3.25. The minimum absolute atomic E-state index is 1.17. The van der Waals surface area contributed by atoms with Crippen LogP contribution in [0.25, 0.3) is 0 Å². The largest absolute Gasteiger partial charge is 0.477 e. The van der Waals surface area contributed by atoms with E-state index in [9.17, 15) is 116 Å². The second-order valence-corrected chi connectivity index (χ2v) is 14.9. The SMILES string of the molecule is O=C(CO)N[C@H]1[C@H]([C@H](O)[C@H](O)CO)O[C@@](O[C@H](CO)[C@@H](O)[C@@H]2O[C@@](O[C@H](CO)[C@@H](O)[C@@H]3OC(O)(C(=O)O)C[C@H](O)[C@H]3NC(=O)CO)(C(=O)O)C[C@H](O)[C@H]2NC(=O)CO)(C(=O)O)C[C@@H]1O. The fraction of sp³-hybridized carbons (Fsp3) is 0.818. The molecule has 0 aliphatic carbocycles. The number of carbonyl (C=O) groups excluding carboxylic acids is 3. The van der Waals surface area contributed by atoms with E-state index in [4.69, 9.17) is 23.7 Å². The van der Waals surface area contributed by atoms with E-state index >= 15 is 0 Å². The van der Waals surface area contributed by atoms with Crippen molar-refractivity contribution in [3.05, 3.63) is 0 Å². The van der Waals surface area contributed by atoms with Crippen LogP contribution in [0.5, 0.6) is 0 Å². The van der Waals surface area contributed by atoms with E-state index in [-0.39, 0.29) is 0 Å². The lowest BCUT2D eigenvalue weighted by Gasteiger charge is -2.50. The standard InChI is InChI=1S/C33H53N3O28/c37-4-13(46)22(50)25-20(35-17(48)8-41)11(44)2-32(63-25,29(55)56)61-15(6-39)24(52)27-21(36-18(49)9-42)12(45)3-33(64-27,30(57)58)60-14(5-38)23(51)26-19(34-16(47)7-40)10(43)1-31(59,62-26)28(53)54/h10-15,19-27,37-46,50-52,59H,1-9H2,(H,34,47)(H,35,48)(H,36,49)(H,53,54)(H,55,56)(H,57,58)/t10-,11-,12-,13+,14+,15+,19+,20+,21+,22+,23+,24+,25+,26+,27+,31?,32+,33+/m0/s1. The van der Waals surface area contributed by atoms with Gasteiger partial charge in [-0.05, 0) is 0 Å². The summed E-state index contributed by atoms with van der Waals surface area (Å²) in [7, 11) is 0. The zero-order chi connectivity index (χ0) is 48.6. The van der Waals surface area contributed by atoms with Crippen LogP contribution < -0.4 is 16.0 Å². The number of amides is 3. The van der Waals surface area contributed by atoms with E-state index in [1.54, 1.807) is 0 Å². The minimum atomic E-state index is -3.48. The van der Waals surface area contributed by atoms with Crippen LogP contribution in [0, 0.1) is 0 Å². The summed E-state index contributed by atoms with van der Waals surface area (Å²) in [6.07, 6.45) is -32.4. The molecular weight excluding hydrogens is 886 g/mol. The van der Waals surface area contributed by atoms with Crippen LogP contribution in [0.3, 0.4) is 0 Å². The maximum Gasteiger partial charge on any atom is 0.364 e. The Morgan fingerprint density at radius 1 is 0.516 bits per heavy atom. The van der Waals surface area contributed by atoms with Gasteiger partial charge >= 0.3 is 17.9 Å². The number of rotatable bonds is 22. The molecule has 0 radical (unpaired) electrons. The molecule has 3 rings (SSSR count). The minimum Gasteiger partial charge on any atom is -0.477 e. The number of hydrogen-bond acceptors (Lipinski definition) is 25. The van der Waals surface area contributed by atoms with Gasteiger partial charge in [0.15, 0.2) is 0 Å². The molecule has 0 bridgehead atoms. The lowest BCUT2D eigenvalue weighted by Crippen LogP contribution is -2.71. The van der Waals surface area contributed by atoms with Crippen molar-refractivity contribution in [2.45, 2.75) is 128 Å². The number of nitrogens with one attached hydrogen (secondary N) is 3. The fourth-order valence-corrected chi connectivity index (χ4v) is 7.31. The molecule has 3 aliphatic heterocycles. The fourth-order valence-electron chi connectivity index (χ4n) is 7.31. The van der Waals surface area contributed by atoms with Crippen molar-refractivity contribution in [2.24, 2.45) is 0 Å². The van der Waals surface area contributed by atoms with Gasteiger partial charge in [0.2, 0.25) is 17.7 Å². The Balaban J connectivity index is 2.11. The number of aliphatic hydroxyl groups is 14. The molecule has 3 saturated heterocycles. The summed E-state index contributed by atoms with van der Waals surface area (Å²) in [6.45, 7) is -8.09. The number of aliphatic carboxylic acids is 3. The Hall–Kier alpha value is -3.94. The Kier molecular flexibility index (Phi) is 19.1. The summed E-state index contributed by atoms with van der Waals surface area (Å²) in [5, 5.41) is 182. The van der Waals surface area contributed by atoms with E-state index in [0.717, 1.165) is 0 Å². The molecule has 368 valence electrons. The van der Waals surface area contributed by atoms with Crippen molar-refractivity contribution >= 4 is 35.6 Å². The number of ether oxygens (including phenoxy) is 5. The van der Waals surface area contributed by atoms with Crippen LogP contribution in [0.4, 0.5) is 0 Å². The van der Waals surface area contributed by atoms with Crippen molar-refractivity contribution in [1.82, 2.24) is 16.0 Å². The molecule has 3 aliphatic rings. The molecule has 31 heteroatoms. The highest BCUT2D eigenvalue weighted by Crippen LogP contribution is 2.39. The third kappa shape index (κ3) is 11.9. The summed E-state index contributed by atoms with van der Waals surface area (Å²) < 4.78 is 27.0. The van der Waals surface area contributed by atoms with E-state index < -0.39 is 203 Å². The molecule has 0 aromatic carbocycles. The van der Waals surface area contributed by atoms with Crippen molar-refractivity contribution in [3.63, 3.8) is 0 Å². The lowest BCUT2D eigenvalue weighted by molar-refractivity contribution is -0.356. The van der Waals surface area contributed by atoms with E-state index in [1.165, 1.54) is 0 Å². The first-order valence-corrected chi connectivity index (χ1v) is 19.0. The highest BCUT2D eigenvalue weighted by atomic mass is 16.8. The molecule has 31 nitrogen and oxygen atoms in total. The predicted octanol–water partition coefficient (Wildman–Crippen LogP) is -12.6. The molecule has 0 aromatic rings. The van der Waals surface area contributed by atoms with Gasteiger partial charge in [0.05, 0.1) is 56.3 Å². The monoisotopic (exact) mass is 939 g/mol. The Morgan fingerprint density at radius 3 is 1.14 bits per heavy atom. The van der Waals surface area contributed by atoms with Gasteiger partial charge < -0.3 is 126 Å². The van der Waals surface area contributed by atoms with Gasteiger partial charge in [-0.3, -0.25) is 14.4 Å². The highest BCUT2D eigenvalue weighted by Gasteiger charge is 2.62. The third-order valence-corrected chi connectivity index (χ3v) is 10.5. The molecule has 0 spiro atoms. The molecule has 0 aromatic heterocycles. The van der Waals surface area contributed by atoms with Crippen molar-refractivity contribution in [1.29, 1.82) is 0 Å². The van der Waals surface area contributed by atoms with Gasteiger partial charge in [0.1, 0.15) is 74.8 Å². The molecule has 3 fully saturated rings. The Labute approximate surface area is 358 Å². The summed E-state index contributed by atoms with van der Waals surface area (Å²) in [6, 6.07) is -5.92.